The molecule has 0 radical (unpaired) electrons. The highest BCUT2D eigenvalue weighted by Gasteiger charge is 2.04. The number of anilines is 1. The van der Waals surface area contributed by atoms with Crippen molar-refractivity contribution in [1.82, 2.24) is 20.2 Å². The van der Waals surface area contributed by atoms with Gasteiger partial charge in [0.2, 0.25) is 5.91 Å². The number of hydrogen-bond donors (Lipinski definition) is 2. The summed E-state index contributed by atoms with van der Waals surface area (Å²) in [6.45, 7) is 0. The van der Waals surface area contributed by atoms with E-state index in [1.54, 1.807) is 30.9 Å². The van der Waals surface area contributed by atoms with Gasteiger partial charge in [0.25, 0.3) is 0 Å². The molecule has 0 aliphatic heterocycles. The van der Waals surface area contributed by atoms with E-state index in [0.29, 0.717) is 24.4 Å². The van der Waals surface area contributed by atoms with E-state index < -0.39 is 0 Å². The van der Waals surface area contributed by atoms with E-state index in [-0.39, 0.29) is 5.91 Å². The Bertz CT molecular complexity index is 439. The summed E-state index contributed by atoms with van der Waals surface area (Å²) in [4.78, 5) is 19.6. The van der Waals surface area contributed by atoms with Crippen LogP contribution in [0.2, 0.25) is 0 Å². The number of aryl methyl sites for hydroxylation is 1. The van der Waals surface area contributed by atoms with Crippen LogP contribution < -0.4 is 5.32 Å². The van der Waals surface area contributed by atoms with Crippen molar-refractivity contribution in [2.75, 3.05) is 5.32 Å². The third-order valence-electron chi connectivity index (χ3n) is 1.98. The first-order chi connectivity index (χ1) is 7.84. The summed E-state index contributed by atoms with van der Waals surface area (Å²) < 4.78 is 0. The predicted octanol–water partition coefficient (Wildman–Crippen LogP) is 0.771. The fourth-order valence-corrected chi connectivity index (χ4v) is 1.23. The van der Waals surface area contributed by atoms with Gasteiger partial charge in [-0.05, 0) is 6.07 Å². The number of rotatable bonds is 4. The molecule has 0 aliphatic rings. The van der Waals surface area contributed by atoms with Gasteiger partial charge in [-0.2, -0.15) is 5.10 Å². The van der Waals surface area contributed by atoms with E-state index in [2.05, 4.69) is 25.5 Å². The maximum Gasteiger partial charge on any atom is 0.224 e. The van der Waals surface area contributed by atoms with E-state index >= 15 is 0 Å². The van der Waals surface area contributed by atoms with Crippen LogP contribution in [0.1, 0.15) is 12.2 Å². The Kier molecular flexibility index (Phi) is 3.22. The Labute approximate surface area is 92.1 Å². The third kappa shape index (κ3) is 2.88. The highest BCUT2D eigenvalue weighted by molar-refractivity contribution is 5.90. The lowest BCUT2D eigenvalue weighted by Crippen LogP contribution is -2.12. The summed E-state index contributed by atoms with van der Waals surface area (Å²) in [7, 11) is 0. The molecule has 6 heteroatoms. The lowest BCUT2D eigenvalue weighted by atomic mass is 10.3. The zero-order valence-corrected chi connectivity index (χ0v) is 8.55. The van der Waals surface area contributed by atoms with Crippen LogP contribution in [-0.4, -0.2) is 26.1 Å². The van der Waals surface area contributed by atoms with Crippen LogP contribution in [0.5, 0.6) is 0 Å². The van der Waals surface area contributed by atoms with Gasteiger partial charge in [-0.1, -0.05) is 0 Å². The number of H-pyrrole nitrogens is 1. The molecule has 2 heterocycles. The normalized spacial score (nSPS) is 10.0. The maximum absolute atomic E-state index is 11.5. The number of nitrogens with zero attached hydrogens (tertiary/aromatic N) is 3. The topological polar surface area (TPSA) is 83.6 Å². The molecule has 82 valence electrons. The highest BCUT2D eigenvalue weighted by atomic mass is 16.1. The fourth-order valence-electron chi connectivity index (χ4n) is 1.23. The molecule has 0 aromatic carbocycles. The summed E-state index contributed by atoms with van der Waals surface area (Å²) in [5.41, 5.74) is 0.666. The summed E-state index contributed by atoms with van der Waals surface area (Å²) in [6, 6.07) is 1.75. The van der Waals surface area contributed by atoms with Gasteiger partial charge in [0.1, 0.15) is 5.82 Å². The van der Waals surface area contributed by atoms with E-state index in [9.17, 15) is 4.79 Å². The minimum atomic E-state index is -0.0751. The molecule has 2 aromatic rings. The van der Waals surface area contributed by atoms with Gasteiger partial charge in [-0.3, -0.25) is 9.89 Å². The molecule has 16 heavy (non-hydrogen) atoms. The minimum Gasteiger partial charge on any atom is -0.323 e. The first-order valence-corrected chi connectivity index (χ1v) is 4.89. The van der Waals surface area contributed by atoms with Gasteiger partial charge in [0.05, 0.1) is 11.9 Å². The minimum absolute atomic E-state index is 0.0751. The second-order valence-electron chi connectivity index (χ2n) is 3.20. The third-order valence-corrected chi connectivity index (χ3v) is 1.98. The van der Waals surface area contributed by atoms with E-state index in [1.165, 1.54) is 0 Å². The number of hydrogen-bond acceptors (Lipinski definition) is 4. The molecule has 0 saturated heterocycles. The number of nitrogens with one attached hydrogen (secondary N) is 2. The molecule has 0 bridgehead atoms. The molecule has 1 amide bonds. The van der Waals surface area contributed by atoms with Gasteiger partial charge in [0, 0.05) is 31.4 Å². The molecule has 2 N–H and O–H groups in total. The molecule has 2 aromatic heterocycles. The molecule has 0 spiro atoms. The Morgan fingerprint density at radius 3 is 2.88 bits per heavy atom. The summed E-state index contributed by atoms with van der Waals surface area (Å²) in [5, 5.41) is 9.05. The molecule has 0 atom stereocenters. The predicted molar refractivity (Wildman–Crippen MR) is 57.6 cm³/mol. The smallest absolute Gasteiger partial charge is 0.224 e. The number of carbonyl (C=O) groups excluding carboxylic acids is 1. The van der Waals surface area contributed by atoms with Crippen molar-refractivity contribution in [3.63, 3.8) is 0 Å². The lowest BCUT2D eigenvalue weighted by molar-refractivity contribution is -0.116. The zero-order chi connectivity index (χ0) is 11.2. The second-order valence-corrected chi connectivity index (χ2v) is 3.20. The standard InChI is InChI=1S/C10H11N5O/c16-10(15-8-6-13-14-7-8)3-2-9-11-4-1-5-12-9/h1,4-7H,2-3H2,(H,13,14)(H,15,16). The monoisotopic (exact) mass is 217 g/mol. The van der Waals surface area contributed by atoms with E-state index in [0.717, 1.165) is 0 Å². The molecule has 0 saturated carbocycles. The number of aromatic amines is 1. The van der Waals surface area contributed by atoms with E-state index in [1.807, 2.05) is 0 Å². The average molecular weight is 217 g/mol. The molecule has 6 nitrogen and oxygen atoms in total. The zero-order valence-electron chi connectivity index (χ0n) is 8.55. The lowest BCUT2D eigenvalue weighted by Gasteiger charge is -2.01. The number of carbonyl (C=O) groups is 1. The van der Waals surface area contributed by atoms with Crippen LogP contribution in [0.15, 0.2) is 30.9 Å². The van der Waals surface area contributed by atoms with Crippen molar-refractivity contribution in [2.24, 2.45) is 0 Å². The Morgan fingerprint density at radius 1 is 1.38 bits per heavy atom. The Morgan fingerprint density at radius 2 is 2.19 bits per heavy atom. The quantitative estimate of drug-likeness (QED) is 0.792. The van der Waals surface area contributed by atoms with Crippen molar-refractivity contribution in [3.05, 3.63) is 36.7 Å². The maximum atomic E-state index is 11.5. The Balaban J connectivity index is 1.80. The van der Waals surface area contributed by atoms with Crippen molar-refractivity contribution >= 4 is 11.6 Å². The number of aromatic nitrogens is 4. The first-order valence-electron chi connectivity index (χ1n) is 4.89. The van der Waals surface area contributed by atoms with Gasteiger partial charge < -0.3 is 5.32 Å². The van der Waals surface area contributed by atoms with Crippen LogP contribution in [0.3, 0.4) is 0 Å². The summed E-state index contributed by atoms with van der Waals surface area (Å²) >= 11 is 0. The first kappa shape index (κ1) is 10.3. The SMILES string of the molecule is O=C(CCc1ncccn1)Nc1cn[nH]c1. The summed E-state index contributed by atoms with van der Waals surface area (Å²) in [6.07, 6.45) is 7.39. The van der Waals surface area contributed by atoms with Crippen molar-refractivity contribution in [2.45, 2.75) is 12.8 Å². The van der Waals surface area contributed by atoms with Gasteiger partial charge in [0.15, 0.2) is 0 Å². The number of amides is 1. The van der Waals surface area contributed by atoms with Gasteiger partial charge in [-0.25, -0.2) is 9.97 Å². The van der Waals surface area contributed by atoms with Crippen LogP contribution >= 0.6 is 0 Å². The van der Waals surface area contributed by atoms with Crippen molar-refractivity contribution in [1.29, 1.82) is 0 Å². The van der Waals surface area contributed by atoms with Crippen LogP contribution in [0, 0.1) is 0 Å². The van der Waals surface area contributed by atoms with Crippen LogP contribution in [0.4, 0.5) is 5.69 Å². The molecule has 0 fully saturated rings. The molecule has 2 rings (SSSR count). The van der Waals surface area contributed by atoms with Crippen LogP contribution in [-0.2, 0) is 11.2 Å². The molecular formula is C10H11N5O. The largest absolute Gasteiger partial charge is 0.323 e. The summed E-state index contributed by atoms with van der Waals surface area (Å²) in [5.74, 6) is 0.596. The fraction of sp³-hybridized carbons (Fsp3) is 0.200. The highest BCUT2D eigenvalue weighted by Crippen LogP contribution is 2.03. The molecule has 0 aliphatic carbocycles. The molecular weight excluding hydrogens is 206 g/mol. The average Bonchev–Trinajstić information content (AvgIpc) is 2.81. The van der Waals surface area contributed by atoms with E-state index in [4.69, 9.17) is 0 Å². The second kappa shape index (κ2) is 5.01. The molecule has 0 unspecified atom stereocenters. The van der Waals surface area contributed by atoms with Crippen LogP contribution in [0.25, 0.3) is 0 Å². The van der Waals surface area contributed by atoms with Crippen molar-refractivity contribution < 1.29 is 4.79 Å². The Hall–Kier alpha value is -2.24. The van der Waals surface area contributed by atoms with Crippen molar-refractivity contribution in [3.8, 4) is 0 Å². The van der Waals surface area contributed by atoms with Gasteiger partial charge >= 0.3 is 0 Å². The van der Waals surface area contributed by atoms with Gasteiger partial charge in [-0.15, -0.1) is 0 Å².